The average Bonchev–Trinajstić information content (AvgIpc) is 3.43. The lowest BCUT2D eigenvalue weighted by Crippen LogP contribution is -2.43. The molecule has 3 heterocycles. The summed E-state index contributed by atoms with van der Waals surface area (Å²) in [6.45, 7) is 5.26. The Hall–Kier alpha value is -4.85. The van der Waals surface area contributed by atoms with E-state index in [-0.39, 0.29) is 5.91 Å². The quantitative estimate of drug-likeness (QED) is 0.233. The highest BCUT2D eigenvalue weighted by Crippen LogP contribution is 2.34. The number of amides is 1. The van der Waals surface area contributed by atoms with Gasteiger partial charge in [-0.3, -0.25) is 9.69 Å². The number of fused-ring (bicyclic) bond motifs is 3. The number of anilines is 1. The Balaban J connectivity index is 1.00. The third-order valence-electron chi connectivity index (χ3n) is 8.18. The number of piperazine rings is 1. The van der Waals surface area contributed by atoms with Gasteiger partial charge in [-0.15, -0.1) is 0 Å². The zero-order valence-corrected chi connectivity index (χ0v) is 24.2. The van der Waals surface area contributed by atoms with Gasteiger partial charge in [-0.25, -0.2) is 9.97 Å². The predicted octanol–water partition coefficient (Wildman–Crippen LogP) is 6.63. The van der Waals surface area contributed by atoms with Crippen LogP contribution in [0, 0.1) is 0 Å². The van der Waals surface area contributed by atoms with E-state index in [1.165, 1.54) is 5.56 Å². The molecule has 4 aromatic carbocycles. The molecule has 6 aromatic rings. The molecule has 7 nitrogen and oxygen atoms in total. The van der Waals surface area contributed by atoms with Crippen molar-refractivity contribution in [3.05, 3.63) is 126 Å². The standard InChI is InChI=1S/C36H33N5O2/c1-40-19-21-41(22-20-40)24-26-9-13-27(14-10-26)36(42)38-28-15-11-25(12-16-28)23-34-37-18-17-32(39-34)31-7-4-6-30-29-5-2-3-8-33(29)43-35(30)31/h2-18H,19-24H2,1H3,(H,38,42). The van der Waals surface area contributed by atoms with Crippen LogP contribution in [-0.4, -0.2) is 58.9 Å². The monoisotopic (exact) mass is 567 g/mol. The first-order valence-corrected chi connectivity index (χ1v) is 14.7. The Morgan fingerprint density at radius 2 is 1.56 bits per heavy atom. The molecule has 0 aliphatic carbocycles. The maximum absolute atomic E-state index is 12.9. The molecule has 214 valence electrons. The summed E-state index contributed by atoms with van der Waals surface area (Å²) in [4.78, 5) is 27.1. The Bertz CT molecular complexity index is 1890. The molecule has 7 rings (SSSR count). The SMILES string of the molecule is CN1CCN(Cc2ccc(C(=O)Nc3ccc(Cc4nccc(-c5cccc6c5oc5ccccc56)n4)cc3)cc2)CC1. The number of likely N-dealkylation sites (N-methyl/N-ethyl adjacent to an activating group) is 1. The van der Waals surface area contributed by atoms with Gasteiger partial charge in [-0.1, -0.05) is 54.6 Å². The van der Waals surface area contributed by atoms with Gasteiger partial charge in [0.2, 0.25) is 0 Å². The molecule has 0 saturated carbocycles. The van der Waals surface area contributed by atoms with Crippen molar-refractivity contribution in [2.24, 2.45) is 0 Å². The van der Waals surface area contributed by atoms with Crippen molar-refractivity contribution in [2.45, 2.75) is 13.0 Å². The van der Waals surface area contributed by atoms with E-state index in [9.17, 15) is 4.79 Å². The smallest absolute Gasteiger partial charge is 0.255 e. The lowest BCUT2D eigenvalue weighted by molar-refractivity contribution is 0.102. The summed E-state index contributed by atoms with van der Waals surface area (Å²) in [5.41, 5.74) is 7.16. The fraction of sp³-hybridized carbons (Fsp3) is 0.194. The lowest BCUT2D eigenvalue weighted by atomic mass is 10.1. The maximum Gasteiger partial charge on any atom is 0.255 e. The highest BCUT2D eigenvalue weighted by Gasteiger charge is 2.15. The Morgan fingerprint density at radius 3 is 2.37 bits per heavy atom. The molecule has 1 fully saturated rings. The highest BCUT2D eigenvalue weighted by molar-refractivity contribution is 6.09. The first-order valence-electron chi connectivity index (χ1n) is 14.7. The van der Waals surface area contributed by atoms with Gasteiger partial charge in [0.05, 0.1) is 5.69 Å². The number of nitrogens with one attached hydrogen (secondary N) is 1. The summed E-state index contributed by atoms with van der Waals surface area (Å²) in [7, 11) is 2.16. The molecule has 1 N–H and O–H groups in total. The molecule has 1 amide bonds. The van der Waals surface area contributed by atoms with Crippen LogP contribution in [0.15, 0.2) is 108 Å². The molecular formula is C36H33N5O2. The fourth-order valence-electron chi connectivity index (χ4n) is 5.70. The highest BCUT2D eigenvalue weighted by atomic mass is 16.3. The summed E-state index contributed by atoms with van der Waals surface area (Å²) in [6.07, 6.45) is 2.37. The number of hydrogen-bond donors (Lipinski definition) is 1. The first-order chi connectivity index (χ1) is 21.1. The number of carbonyl (C=O) groups is 1. The van der Waals surface area contributed by atoms with E-state index < -0.39 is 0 Å². The van der Waals surface area contributed by atoms with Crippen LogP contribution in [0.25, 0.3) is 33.2 Å². The normalized spacial score (nSPS) is 14.3. The lowest BCUT2D eigenvalue weighted by Gasteiger charge is -2.32. The molecular weight excluding hydrogens is 534 g/mol. The summed E-state index contributed by atoms with van der Waals surface area (Å²) < 4.78 is 6.21. The van der Waals surface area contributed by atoms with Gasteiger partial charge in [0.15, 0.2) is 0 Å². The van der Waals surface area contributed by atoms with Gasteiger partial charge in [0.1, 0.15) is 17.0 Å². The van der Waals surface area contributed by atoms with Crippen LogP contribution in [0.2, 0.25) is 0 Å². The molecule has 0 unspecified atom stereocenters. The number of aromatic nitrogens is 2. The minimum atomic E-state index is -0.116. The largest absolute Gasteiger partial charge is 0.455 e. The number of para-hydroxylation sites is 2. The fourth-order valence-corrected chi connectivity index (χ4v) is 5.70. The average molecular weight is 568 g/mol. The number of benzene rings is 4. The van der Waals surface area contributed by atoms with Crippen molar-refractivity contribution in [3.63, 3.8) is 0 Å². The van der Waals surface area contributed by atoms with E-state index in [4.69, 9.17) is 9.40 Å². The third-order valence-corrected chi connectivity index (χ3v) is 8.18. The second kappa shape index (κ2) is 11.8. The van der Waals surface area contributed by atoms with Crippen LogP contribution in [0.5, 0.6) is 0 Å². The number of rotatable bonds is 7. The van der Waals surface area contributed by atoms with E-state index in [0.29, 0.717) is 12.0 Å². The summed E-state index contributed by atoms with van der Waals surface area (Å²) in [5, 5.41) is 5.19. The first kappa shape index (κ1) is 27.0. The second-order valence-electron chi connectivity index (χ2n) is 11.2. The van der Waals surface area contributed by atoms with Crippen LogP contribution >= 0.6 is 0 Å². The van der Waals surface area contributed by atoms with Crippen molar-refractivity contribution < 1.29 is 9.21 Å². The van der Waals surface area contributed by atoms with Crippen molar-refractivity contribution in [2.75, 3.05) is 38.5 Å². The Kier molecular flexibility index (Phi) is 7.41. The van der Waals surface area contributed by atoms with Gasteiger partial charge in [0, 0.05) is 72.9 Å². The molecule has 0 spiro atoms. The van der Waals surface area contributed by atoms with Gasteiger partial charge in [-0.2, -0.15) is 0 Å². The van der Waals surface area contributed by atoms with Crippen LogP contribution < -0.4 is 5.32 Å². The van der Waals surface area contributed by atoms with Crippen LogP contribution in [-0.2, 0) is 13.0 Å². The second-order valence-corrected chi connectivity index (χ2v) is 11.2. The zero-order valence-electron chi connectivity index (χ0n) is 24.2. The van der Waals surface area contributed by atoms with Gasteiger partial charge in [0.25, 0.3) is 5.91 Å². The van der Waals surface area contributed by atoms with Crippen molar-refractivity contribution in [1.29, 1.82) is 0 Å². The molecule has 0 bridgehead atoms. The molecule has 1 aliphatic heterocycles. The molecule has 43 heavy (non-hydrogen) atoms. The summed E-state index contributed by atoms with van der Waals surface area (Å²) >= 11 is 0. The molecule has 0 radical (unpaired) electrons. The minimum absolute atomic E-state index is 0.116. The summed E-state index contributed by atoms with van der Waals surface area (Å²) in [5.74, 6) is 0.605. The molecule has 0 atom stereocenters. The van der Waals surface area contributed by atoms with Crippen molar-refractivity contribution >= 4 is 33.5 Å². The van der Waals surface area contributed by atoms with E-state index in [2.05, 4.69) is 51.4 Å². The van der Waals surface area contributed by atoms with Crippen molar-refractivity contribution in [1.82, 2.24) is 19.8 Å². The van der Waals surface area contributed by atoms with Crippen LogP contribution in [0.4, 0.5) is 5.69 Å². The van der Waals surface area contributed by atoms with Crippen LogP contribution in [0.1, 0.15) is 27.3 Å². The van der Waals surface area contributed by atoms with Gasteiger partial charge in [-0.05, 0) is 60.6 Å². The Morgan fingerprint density at radius 1 is 0.814 bits per heavy atom. The van der Waals surface area contributed by atoms with Gasteiger partial charge < -0.3 is 14.6 Å². The maximum atomic E-state index is 12.9. The van der Waals surface area contributed by atoms with Gasteiger partial charge >= 0.3 is 0 Å². The van der Waals surface area contributed by atoms with Crippen LogP contribution in [0.3, 0.4) is 0 Å². The van der Waals surface area contributed by atoms with E-state index in [1.807, 2.05) is 72.8 Å². The predicted molar refractivity (Wildman–Crippen MR) is 171 cm³/mol. The third kappa shape index (κ3) is 5.91. The molecule has 1 saturated heterocycles. The van der Waals surface area contributed by atoms with E-state index in [0.717, 1.165) is 83.0 Å². The minimum Gasteiger partial charge on any atom is -0.455 e. The number of furan rings is 1. The topological polar surface area (TPSA) is 74.5 Å². The zero-order chi connectivity index (χ0) is 29.2. The Labute approximate surface area is 250 Å². The van der Waals surface area contributed by atoms with E-state index in [1.54, 1.807) is 6.20 Å². The molecule has 7 heteroatoms. The molecule has 2 aromatic heterocycles. The molecule has 1 aliphatic rings. The number of hydrogen-bond acceptors (Lipinski definition) is 6. The van der Waals surface area contributed by atoms with Crippen molar-refractivity contribution in [3.8, 4) is 11.3 Å². The number of carbonyl (C=O) groups excluding carboxylic acids is 1. The van der Waals surface area contributed by atoms with E-state index >= 15 is 0 Å². The number of nitrogens with zero attached hydrogens (tertiary/aromatic N) is 4. The summed E-state index contributed by atoms with van der Waals surface area (Å²) in [6, 6.07) is 31.9.